The van der Waals surface area contributed by atoms with Crippen molar-refractivity contribution in [1.82, 2.24) is 4.98 Å². The molecule has 0 saturated carbocycles. The van der Waals surface area contributed by atoms with Crippen LogP contribution < -0.4 is 9.64 Å². The van der Waals surface area contributed by atoms with E-state index in [-0.39, 0.29) is 12.2 Å². The van der Waals surface area contributed by atoms with Gasteiger partial charge < -0.3 is 14.4 Å². The van der Waals surface area contributed by atoms with Crippen molar-refractivity contribution < 1.29 is 9.47 Å². The van der Waals surface area contributed by atoms with Gasteiger partial charge in [-0.3, -0.25) is 0 Å². The smallest absolute Gasteiger partial charge is 0.129 e. The zero-order valence-corrected chi connectivity index (χ0v) is 23.8. The maximum Gasteiger partial charge on any atom is 0.129 e. The van der Waals surface area contributed by atoms with Gasteiger partial charge in [-0.25, -0.2) is 4.98 Å². The fourth-order valence-electron chi connectivity index (χ4n) is 5.15. The van der Waals surface area contributed by atoms with Gasteiger partial charge in [0.2, 0.25) is 0 Å². The molecule has 4 nitrogen and oxygen atoms in total. The van der Waals surface area contributed by atoms with Crippen LogP contribution in [-0.4, -0.2) is 24.3 Å². The molecule has 0 fully saturated rings. The summed E-state index contributed by atoms with van der Waals surface area (Å²) >= 11 is 1.69. The Kier molecular flexibility index (Phi) is 7.49. The minimum absolute atomic E-state index is 0.0252. The second-order valence-electron chi connectivity index (χ2n) is 10.0. The van der Waals surface area contributed by atoms with Gasteiger partial charge in [-0.15, -0.1) is 11.3 Å². The molecule has 5 heteroatoms. The van der Waals surface area contributed by atoms with Gasteiger partial charge >= 0.3 is 0 Å². The number of aromatic nitrogens is 1. The lowest BCUT2D eigenvalue weighted by molar-refractivity contribution is 0.0721. The highest BCUT2D eigenvalue weighted by molar-refractivity contribution is 7.21. The first-order valence-corrected chi connectivity index (χ1v) is 14.4. The third kappa shape index (κ3) is 5.31. The fraction of sp³-hybridized carbons (Fsp3) is 0.171. The van der Waals surface area contributed by atoms with Gasteiger partial charge in [0.1, 0.15) is 10.8 Å². The first kappa shape index (κ1) is 26.1. The van der Waals surface area contributed by atoms with E-state index in [9.17, 15) is 0 Å². The van der Waals surface area contributed by atoms with E-state index in [2.05, 4.69) is 116 Å². The number of nitrogens with zero attached hydrogens (tertiary/aromatic N) is 2. The first-order chi connectivity index (χ1) is 19.6. The van der Waals surface area contributed by atoms with Crippen molar-refractivity contribution in [3.05, 3.63) is 115 Å². The molecule has 2 unspecified atom stereocenters. The Hall–Kier alpha value is -4.19. The predicted octanol–water partition coefficient (Wildman–Crippen LogP) is 9.78. The van der Waals surface area contributed by atoms with Gasteiger partial charge in [-0.1, -0.05) is 66.7 Å². The molecule has 6 aromatic rings. The van der Waals surface area contributed by atoms with E-state index in [0.29, 0.717) is 0 Å². The summed E-state index contributed by atoms with van der Waals surface area (Å²) in [4.78, 5) is 7.35. The standard InChI is InChI=1S/C35H32N2O2S/c1-24(38-3)22-25(2)39-33-19-10-9-17-30(33)35-36-31-21-20-28(23-34(31)40-35)37(27-14-5-4-6-15-27)32-18-11-13-26-12-7-8-16-29(26)32/h4-21,23-25H,22H2,1-3H3. The molecule has 0 aliphatic carbocycles. The van der Waals surface area contributed by atoms with Gasteiger partial charge in [-0.05, 0) is 67.8 Å². The van der Waals surface area contributed by atoms with Crippen molar-refractivity contribution >= 4 is 49.4 Å². The van der Waals surface area contributed by atoms with Crippen LogP contribution in [0.4, 0.5) is 17.1 Å². The van der Waals surface area contributed by atoms with E-state index in [4.69, 9.17) is 14.5 Å². The minimum atomic E-state index is 0.0252. The number of anilines is 3. The van der Waals surface area contributed by atoms with E-state index in [0.717, 1.165) is 50.0 Å². The highest BCUT2D eigenvalue weighted by atomic mass is 32.1. The highest BCUT2D eigenvalue weighted by Crippen LogP contribution is 2.42. The Morgan fingerprint density at radius 1 is 0.750 bits per heavy atom. The number of fused-ring (bicyclic) bond motifs is 2. The number of ether oxygens (including phenoxy) is 2. The van der Waals surface area contributed by atoms with E-state index in [1.54, 1.807) is 18.4 Å². The summed E-state index contributed by atoms with van der Waals surface area (Å²) in [7, 11) is 1.74. The fourth-order valence-corrected chi connectivity index (χ4v) is 6.18. The van der Waals surface area contributed by atoms with Crippen molar-refractivity contribution in [3.63, 3.8) is 0 Å². The summed E-state index contributed by atoms with van der Waals surface area (Å²) in [6, 6.07) is 40.3. The zero-order valence-electron chi connectivity index (χ0n) is 23.0. The summed E-state index contributed by atoms with van der Waals surface area (Å²) in [5.74, 6) is 0.847. The number of para-hydroxylation sites is 2. The number of methoxy groups -OCH3 is 1. The lowest BCUT2D eigenvalue weighted by Crippen LogP contribution is -2.20. The zero-order chi connectivity index (χ0) is 27.5. The summed E-state index contributed by atoms with van der Waals surface area (Å²) in [5, 5.41) is 3.38. The van der Waals surface area contributed by atoms with Crippen LogP contribution in [-0.2, 0) is 4.74 Å². The molecule has 0 N–H and O–H groups in total. The molecule has 0 spiro atoms. The average molecular weight is 545 g/mol. The molecule has 0 aliphatic heterocycles. The van der Waals surface area contributed by atoms with Crippen LogP contribution in [0.1, 0.15) is 20.3 Å². The maximum atomic E-state index is 6.37. The summed E-state index contributed by atoms with van der Waals surface area (Å²) < 4.78 is 12.9. The molecule has 1 heterocycles. The Labute approximate surface area is 239 Å². The summed E-state index contributed by atoms with van der Waals surface area (Å²) in [6.07, 6.45) is 0.979. The van der Waals surface area contributed by atoms with Gasteiger partial charge in [0, 0.05) is 30.3 Å². The van der Waals surface area contributed by atoms with Crippen LogP contribution in [0.25, 0.3) is 31.6 Å². The Morgan fingerprint density at radius 3 is 2.35 bits per heavy atom. The monoisotopic (exact) mass is 544 g/mol. The minimum Gasteiger partial charge on any atom is -0.490 e. The number of benzene rings is 5. The van der Waals surface area contributed by atoms with Crippen molar-refractivity contribution in [2.75, 3.05) is 12.0 Å². The maximum absolute atomic E-state index is 6.37. The largest absolute Gasteiger partial charge is 0.490 e. The van der Waals surface area contributed by atoms with Crippen LogP contribution in [0.2, 0.25) is 0 Å². The Morgan fingerprint density at radius 2 is 1.50 bits per heavy atom. The molecule has 0 amide bonds. The van der Waals surface area contributed by atoms with E-state index >= 15 is 0 Å². The SMILES string of the molecule is COC(C)CC(C)Oc1ccccc1-c1nc2ccc(N(c3ccccc3)c3cccc4ccccc34)cc2s1. The average Bonchev–Trinajstić information content (AvgIpc) is 3.41. The molecule has 5 aromatic carbocycles. The molecular weight excluding hydrogens is 512 g/mol. The first-order valence-electron chi connectivity index (χ1n) is 13.6. The second-order valence-corrected chi connectivity index (χ2v) is 11.1. The molecule has 1 aromatic heterocycles. The van der Waals surface area contributed by atoms with Crippen molar-refractivity contribution in [2.45, 2.75) is 32.5 Å². The number of rotatable bonds is 9. The van der Waals surface area contributed by atoms with E-state index < -0.39 is 0 Å². The van der Waals surface area contributed by atoms with Crippen molar-refractivity contribution in [1.29, 1.82) is 0 Å². The lowest BCUT2D eigenvalue weighted by atomic mass is 10.1. The summed E-state index contributed by atoms with van der Waals surface area (Å²) in [6.45, 7) is 4.15. The number of hydrogen-bond donors (Lipinski definition) is 0. The molecule has 200 valence electrons. The molecule has 0 saturated heterocycles. The summed E-state index contributed by atoms with van der Waals surface area (Å²) in [5.41, 5.74) is 5.34. The predicted molar refractivity (Wildman–Crippen MR) is 168 cm³/mol. The molecule has 0 radical (unpaired) electrons. The van der Waals surface area contributed by atoms with Crippen LogP contribution in [0, 0.1) is 0 Å². The number of hydrogen-bond acceptors (Lipinski definition) is 5. The van der Waals surface area contributed by atoms with Gasteiger partial charge in [0.05, 0.1) is 33.7 Å². The quantitative estimate of drug-likeness (QED) is 0.181. The van der Waals surface area contributed by atoms with Crippen LogP contribution >= 0.6 is 11.3 Å². The molecule has 0 bridgehead atoms. The topological polar surface area (TPSA) is 34.6 Å². The van der Waals surface area contributed by atoms with E-state index in [1.807, 2.05) is 18.2 Å². The Balaban J connectivity index is 1.41. The van der Waals surface area contributed by atoms with Crippen molar-refractivity contribution in [2.24, 2.45) is 0 Å². The third-order valence-electron chi connectivity index (χ3n) is 7.16. The van der Waals surface area contributed by atoms with Crippen LogP contribution in [0.5, 0.6) is 5.75 Å². The van der Waals surface area contributed by atoms with Gasteiger partial charge in [-0.2, -0.15) is 0 Å². The van der Waals surface area contributed by atoms with E-state index in [1.165, 1.54) is 10.8 Å². The Bertz CT molecular complexity index is 1740. The second kappa shape index (κ2) is 11.5. The molecule has 2 atom stereocenters. The third-order valence-corrected chi connectivity index (χ3v) is 8.22. The van der Waals surface area contributed by atoms with Crippen molar-refractivity contribution in [3.8, 4) is 16.3 Å². The molecule has 40 heavy (non-hydrogen) atoms. The lowest BCUT2D eigenvalue weighted by Gasteiger charge is -2.26. The normalized spacial score (nSPS) is 12.9. The molecular formula is C35H32N2O2S. The molecule has 6 rings (SSSR count). The van der Waals surface area contributed by atoms with Gasteiger partial charge in [0.25, 0.3) is 0 Å². The molecule has 0 aliphatic rings. The van der Waals surface area contributed by atoms with Gasteiger partial charge in [0.15, 0.2) is 0 Å². The number of thiazole rings is 1. The highest BCUT2D eigenvalue weighted by Gasteiger charge is 2.18. The van der Waals surface area contributed by atoms with Crippen LogP contribution in [0.15, 0.2) is 115 Å². The van der Waals surface area contributed by atoms with Crippen LogP contribution in [0.3, 0.4) is 0 Å².